The Morgan fingerprint density at radius 1 is 1.35 bits per heavy atom. The second kappa shape index (κ2) is 5.34. The minimum Gasteiger partial charge on any atom is -0.395 e. The summed E-state index contributed by atoms with van der Waals surface area (Å²) in [5.41, 5.74) is -1.15. The molecule has 23 heavy (non-hydrogen) atoms. The molecule has 0 aromatic carbocycles. The largest absolute Gasteiger partial charge is 0.395 e. The van der Waals surface area contributed by atoms with Crippen LogP contribution in [0.1, 0.15) is 26.7 Å². The van der Waals surface area contributed by atoms with Crippen molar-refractivity contribution in [2.75, 3.05) is 13.2 Å². The Kier molecular flexibility index (Phi) is 3.72. The van der Waals surface area contributed by atoms with Crippen LogP contribution in [0.25, 0.3) is 0 Å². The van der Waals surface area contributed by atoms with Crippen molar-refractivity contribution in [3.63, 3.8) is 0 Å². The number of Topliss-reactive ketones (excluding diaryl/α,β-unsaturated/α-hetero) is 1. The summed E-state index contributed by atoms with van der Waals surface area (Å²) in [6.07, 6.45) is 8.64. The summed E-state index contributed by atoms with van der Waals surface area (Å²) in [6, 6.07) is 0. The van der Waals surface area contributed by atoms with Crippen molar-refractivity contribution < 1.29 is 25.1 Å². The first-order valence-corrected chi connectivity index (χ1v) is 7.86. The van der Waals surface area contributed by atoms with Crippen LogP contribution in [-0.4, -0.2) is 65.9 Å². The fourth-order valence-electron chi connectivity index (χ4n) is 3.49. The second-order valence-corrected chi connectivity index (χ2v) is 5.93. The van der Waals surface area contributed by atoms with Crippen LogP contribution in [-0.2, 0) is 4.79 Å². The highest BCUT2D eigenvalue weighted by Gasteiger charge is 2.71. The van der Waals surface area contributed by atoms with Crippen LogP contribution in [0, 0.1) is 0 Å². The monoisotopic (exact) mass is 323 g/mol. The number of β-amino-alcohol motifs (C(OH)–C–C–N with tert-alkyl or cyclic N) is 1. The predicted molar refractivity (Wildman–Crippen MR) is 79.8 cm³/mol. The normalized spacial score (nSPS) is 30.6. The molecule has 8 nitrogen and oxygen atoms in total. The van der Waals surface area contributed by atoms with Crippen LogP contribution in [0.5, 0.6) is 0 Å². The zero-order valence-corrected chi connectivity index (χ0v) is 13.3. The zero-order valence-electron chi connectivity index (χ0n) is 13.3. The van der Waals surface area contributed by atoms with E-state index in [0.29, 0.717) is 25.2 Å². The molecule has 4 aliphatic heterocycles. The van der Waals surface area contributed by atoms with Crippen molar-refractivity contribution in [3.05, 3.63) is 36.6 Å². The van der Waals surface area contributed by atoms with Gasteiger partial charge in [0.25, 0.3) is 0 Å². The van der Waals surface area contributed by atoms with Crippen LogP contribution >= 0.6 is 0 Å². The maximum Gasteiger partial charge on any atom is 0.247 e. The minimum absolute atomic E-state index is 0.000593. The Labute approximate surface area is 134 Å². The Bertz CT molecular complexity index is 588. The predicted octanol–water partition coefficient (Wildman–Crippen LogP) is 0.716. The van der Waals surface area contributed by atoms with Crippen molar-refractivity contribution in [2.45, 2.75) is 38.4 Å². The molecule has 2 atom stereocenters. The summed E-state index contributed by atoms with van der Waals surface area (Å²) in [4.78, 5) is 14.5. The van der Waals surface area contributed by atoms with Gasteiger partial charge in [0.1, 0.15) is 0 Å². The lowest BCUT2D eigenvalue weighted by molar-refractivity contribution is -1.17. The van der Waals surface area contributed by atoms with Crippen LogP contribution < -0.4 is 0 Å². The van der Waals surface area contributed by atoms with Crippen LogP contribution in [0.4, 0.5) is 0 Å². The molecule has 4 aliphatic rings. The third-order valence-electron chi connectivity index (χ3n) is 4.68. The Hall–Kier alpha value is -1.87. The molecule has 2 unspecified atom stereocenters. The van der Waals surface area contributed by atoms with Crippen LogP contribution in [0.15, 0.2) is 36.6 Å². The lowest BCUT2D eigenvalue weighted by Gasteiger charge is -2.46. The number of rotatable bonds is 6. The molecule has 4 rings (SSSR count). The molecule has 0 amide bonds. The molecule has 126 valence electrons. The summed E-state index contributed by atoms with van der Waals surface area (Å²) in [7, 11) is 0. The molecule has 8 heteroatoms. The number of aliphatic hydroxyl groups excluding tert-OH is 1. The molecule has 0 aliphatic carbocycles. The van der Waals surface area contributed by atoms with Gasteiger partial charge in [-0.15, -0.1) is 5.01 Å². The number of quaternary nitrogens is 1. The first kappa shape index (κ1) is 16.0. The number of hydrogen-bond donors (Lipinski definition) is 3. The maximum absolute atomic E-state index is 12.7. The maximum atomic E-state index is 12.7. The molecule has 0 saturated carbocycles. The molecule has 0 aromatic heterocycles. The van der Waals surface area contributed by atoms with Gasteiger partial charge in [-0.05, 0) is 16.9 Å². The number of fused-ring (bicyclic) bond motifs is 1. The number of carbonyl (C=O) groups excluding carboxylic acids is 1. The van der Waals surface area contributed by atoms with Crippen molar-refractivity contribution in [1.29, 1.82) is 0 Å². The fraction of sp³-hybridized carbons (Fsp3) is 0.533. The van der Waals surface area contributed by atoms with Gasteiger partial charge < -0.3 is 10.0 Å². The van der Waals surface area contributed by atoms with E-state index in [1.807, 2.05) is 6.92 Å². The molecular weight excluding hydrogens is 300 g/mol. The van der Waals surface area contributed by atoms with Gasteiger partial charge in [0.05, 0.1) is 6.61 Å². The van der Waals surface area contributed by atoms with Crippen LogP contribution in [0.2, 0.25) is 0 Å². The zero-order chi connectivity index (χ0) is 16.8. The van der Waals surface area contributed by atoms with Gasteiger partial charge in [-0.25, -0.2) is 0 Å². The highest BCUT2D eigenvalue weighted by Crippen LogP contribution is 2.50. The fourth-order valence-corrected chi connectivity index (χ4v) is 3.49. The highest BCUT2D eigenvalue weighted by molar-refractivity contribution is 5.93. The molecule has 3 N–H and O–H groups in total. The number of hydroxylamine groups is 4. The van der Waals surface area contributed by atoms with Gasteiger partial charge in [0, 0.05) is 31.8 Å². The Morgan fingerprint density at radius 3 is 2.48 bits per heavy atom. The number of aliphatic hydroxyl groups is 1. The lowest BCUT2D eigenvalue weighted by atomic mass is 9.88. The van der Waals surface area contributed by atoms with E-state index in [0.717, 1.165) is 5.06 Å². The van der Waals surface area contributed by atoms with Crippen molar-refractivity contribution in [3.8, 4) is 0 Å². The Morgan fingerprint density at radius 2 is 2.00 bits per heavy atom. The summed E-state index contributed by atoms with van der Waals surface area (Å²) >= 11 is 0. The summed E-state index contributed by atoms with van der Waals surface area (Å²) in [5.74, 6) is 0.340. The molecule has 0 aromatic rings. The molecule has 1 saturated heterocycles. The molecule has 0 spiro atoms. The Balaban J connectivity index is 1.98. The molecule has 0 radical (unpaired) electrons. The second-order valence-electron chi connectivity index (χ2n) is 5.93. The average Bonchev–Trinajstić information content (AvgIpc) is 2.91. The van der Waals surface area contributed by atoms with Crippen LogP contribution in [0.3, 0.4) is 0 Å². The summed E-state index contributed by atoms with van der Waals surface area (Å²) < 4.78 is -0.608. The lowest BCUT2D eigenvalue weighted by Crippen LogP contribution is -2.68. The van der Waals surface area contributed by atoms with E-state index in [1.54, 1.807) is 36.4 Å². The van der Waals surface area contributed by atoms with E-state index in [4.69, 9.17) is 5.11 Å². The van der Waals surface area contributed by atoms with Crippen molar-refractivity contribution in [1.82, 2.24) is 15.0 Å². The van der Waals surface area contributed by atoms with Gasteiger partial charge in [-0.1, -0.05) is 13.8 Å². The van der Waals surface area contributed by atoms with E-state index < -0.39 is 16.5 Å². The summed E-state index contributed by atoms with van der Waals surface area (Å²) in [6.45, 7) is 4.06. The smallest absolute Gasteiger partial charge is 0.247 e. The first-order chi connectivity index (χ1) is 10.9. The van der Waals surface area contributed by atoms with E-state index in [1.165, 1.54) is 11.2 Å². The molecule has 2 bridgehead atoms. The number of hydrogen-bond acceptors (Lipinski definition) is 7. The summed E-state index contributed by atoms with van der Waals surface area (Å²) in [5, 5.41) is 32.7. The van der Waals surface area contributed by atoms with Gasteiger partial charge in [0.2, 0.25) is 18.2 Å². The van der Waals surface area contributed by atoms with E-state index >= 15 is 0 Å². The minimum atomic E-state index is -1.15. The van der Waals surface area contributed by atoms with E-state index in [2.05, 4.69) is 0 Å². The van der Waals surface area contributed by atoms with Crippen molar-refractivity contribution >= 4 is 5.78 Å². The average molecular weight is 323 g/mol. The SMILES string of the molecule is CCC(=O)C1(N2C3=C[N+]2(O)C(CC)N3O)C=CN(CCO)C=C1. The molecule has 4 heterocycles. The number of ketones is 1. The van der Waals surface area contributed by atoms with Crippen molar-refractivity contribution in [2.24, 2.45) is 0 Å². The number of carbonyl (C=O) groups is 1. The third kappa shape index (κ3) is 1.96. The topological polar surface area (TPSA) is 87.5 Å². The molecular formula is C15H23N4O4+. The third-order valence-corrected chi connectivity index (χ3v) is 4.68. The van der Waals surface area contributed by atoms with E-state index in [9.17, 15) is 15.2 Å². The van der Waals surface area contributed by atoms with Gasteiger partial charge in [0.15, 0.2) is 11.3 Å². The van der Waals surface area contributed by atoms with E-state index in [-0.39, 0.29) is 12.4 Å². The standard InChI is InChI=1S/C15H23N4O4/c1-3-12(21)15(5-7-16(8-6-15)9-10-20)18-13-11-19(18,23)14(4-2)17(13)22/h5-8,11,14,20,22-23H,3-4,9-10H2,1-2H3/q+1. The number of nitrogens with zero attached hydrogens (tertiary/aromatic N) is 4. The van der Waals surface area contributed by atoms with Gasteiger partial charge in [-0.3, -0.25) is 10.0 Å². The van der Waals surface area contributed by atoms with Gasteiger partial charge >= 0.3 is 0 Å². The van der Waals surface area contributed by atoms with Gasteiger partial charge in [-0.2, -0.15) is 10.3 Å². The highest BCUT2D eigenvalue weighted by atomic mass is 16.7. The molecule has 1 fully saturated rings. The quantitative estimate of drug-likeness (QED) is 0.621. The first-order valence-electron chi connectivity index (χ1n) is 7.86.